The maximum Gasteiger partial charge on any atom is 0.152 e. The van der Waals surface area contributed by atoms with Crippen molar-refractivity contribution >= 4 is 50.8 Å². The van der Waals surface area contributed by atoms with Crippen molar-refractivity contribution in [3.63, 3.8) is 0 Å². The Balaban J connectivity index is 0.958. The quantitative estimate of drug-likeness (QED) is 0.126. The first-order chi connectivity index (χ1) is 27.6. The fraction of sp³-hybridized carbons (Fsp3) is 0.0370. The summed E-state index contributed by atoms with van der Waals surface area (Å²) in [5, 5.41) is 5.27. The van der Waals surface area contributed by atoms with Gasteiger partial charge < -0.3 is 9.64 Å². The van der Waals surface area contributed by atoms with Gasteiger partial charge in [0.25, 0.3) is 0 Å². The molecule has 0 amide bonds. The summed E-state index contributed by atoms with van der Waals surface area (Å²) in [6.45, 7) is 2.12. The maximum absolute atomic E-state index is 6.48. The highest BCUT2D eigenvalue weighted by Crippen LogP contribution is 2.57. The zero-order valence-electron chi connectivity index (χ0n) is 31.0. The van der Waals surface area contributed by atoms with Crippen molar-refractivity contribution in [2.75, 3.05) is 4.90 Å². The van der Waals surface area contributed by atoms with Crippen molar-refractivity contribution in [3.8, 4) is 22.6 Å². The van der Waals surface area contributed by atoms with Crippen molar-refractivity contribution in [1.82, 2.24) is 0 Å². The first kappa shape index (κ1) is 32.3. The molecular formula is C54H37NO. The van der Waals surface area contributed by atoms with Crippen LogP contribution in [-0.2, 0) is 5.41 Å². The van der Waals surface area contributed by atoms with Crippen LogP contribution in [0.15, 0.2) is 194 Å². The minimum atomic E-state index is -0.430. The molecule has 9 aromatic rings. The molecule has 0 N–H and O–H groups in total. The Morgan fingerprint density at radius 2 is 1.09 bits per heavy atom. The lowest BCUT2D eigenvalue weighted by Gasteiger charge is -2.34. The molecule has 9 aromatic carbocycles. The van der Waals surface area contributed by atoms with Crippen molar-refractivity contribution in [2.45, 2.75) is 12.3 Å². The van der Waals surface area contributed by atoms with Gasteiger partial charge in [-0.05, 0) is 122 Å². The standard InChI is InChI=1S/C54H37NO/c1-36-19-30-45(31-20-36)55-48-17-8-9-18-50(48)56-51-33-38(25-32-49(51)55)22-21-37-23-26-39(27-24-37)42-34-41-29-28-40-11-10-16-46-52(40)53(41)47(35-42)54(46,43-12-4-2-5-13-43)44-14-6-3-7-15-44/h2-35H,1H3. The van der Waals surface area contributed by atoms with Crippen molar-refractivity contribution in [2.24, 2.45) is 0 Å². The van der Waals surface area contributed by atoms with Gasteiger partial charge in [0.2, 0.25) is 0 Å². The largest absolute Gasteiger partial charge is 0.453 e. The molecule has 0 spiro atoms. The third-order valence-corrected chi connectivity index (χ3v) is 11.7. The fourth-order valence-electron chi connectivity index (χ4n) is 9.16. The number of benzene rings is 9. The van der Waals surface area contributed by atoms with Crippen LogP contribution < -0.4 is 9.64 Å². The lowest BCUT2D eigenvalue weighted by Crippen LogP contribution is -2.28. The van der Waals surface area contributed by atoms with Crippen LogP contribution in [0.25, 0.3) is 44.8 Å². The Bertz CT molecular complexity index is 2940. The predicted molar refractivity (Wildman–Crippen MR) is 234 cm³/mol. The number of aryl methyl sites for hydroxylation is 1. The molecule has 1 aliphatic carbocycles. The molecule has 0 bridgehead atoms. The van der Waals surface area contributed by atoms with Gasteiger partial charge in [0, 0.05) is 5.69 Å². The second-order valence-electron chi connectivity index (χ2n) is 15.0. The molecule has 0 saturated carbocycles. The van der Waals surface area contributed by atoms with E-state index in [1.54, 1.807) is 0 Å². The van der Waals surface area contributed by atoms with Gasteiger partial charge in [0.05, 0.1) is 16.8 Å². The lowest BCUT2D eigenvalue weighted by atomic mass is 9.67. The Morgan fingerprint density at radius 1 is 0.446 bits per heavy atom. The van der Waals surface area contributed by atoms with Crippen LogP contribution in [0.4, 0.5) is 17.1 Å². The average molecular weight is 716 g/mol. The third-order valence-electron chi connectivity index (χ3n) is 11.7. The van der Waals surface area contributed by atoms with Gasteiger partial charge in [-0.25, -0.2) is 0 Å². The van der Waals surface area contributed by atoms with Crippen molar-refractivity contribution in [1.29, 1.82) is 0 Å². The topological polar surface area (TPSA) is 12.5 Å². The summed E-state index contributed by atoms with van der Waals surface area (Å²) in [4.78, 5) is 2.28. The molecule has 0 atom stereocenters. The number of hydrogen-bond donors (Lipinski definition) is 0. The molecule has 0 radical (unpaired) electrons. The predicted octanol–water partition coefficient (Wildman–Crippen LogP) is 14.4. The number of para-hydroxylation sites is 2. The molecule has 0 fully saturated rings. The molecule has 2 heteroatoms. The normalized spacial score (nSPS) is 13.6. The molecule has 0 unspecified atom stereocenters. The smallest absolute Gasteiger partial charge is 0.152 e. The van der Waals surface area contributed by atoms with E-state index >= 15 is 0 Å². The SMILES string of the molecule is Cc1ccc(N2c3ccccc3Oc3cc(C=Cc4ccc(-c5cc6c7c(ccc8cccc(c87)C6(c6ccccc6)c6ccccc6)c5)cc4)ccc32)cc1. The minimum absolute atomic E-state index is 0.430. The first-order valence-corrected chi connectivity index (χ1v) is 19.3. The van der Waals surface area contributed by atoms with Gasteiger partial charge in [-0.1, -0.05) is 163 Å². The van der Waals surface area contributed by atoms with E-state index < -0.39 is 5.41 Å². The highest BCUT2D eigenvalue weighted by Gasteiger charge is 2.45. The van der Waals surface area contributed by atoms with Gasteiger partial charge in [-0.15, -0.1) is 0 Å². The molecule has 56 heavy (non-hydrogen) atoms. The van der Waals surface area contributed by atoms with Gasteiger partial charge in [-0.3, -0.25) is 0 Å². The van der Waals surface area contributed by atoms with Crippen LogP contribution in [0.3, 0.4) is 0 Å². The van der Waals surface area contributed by atoms with E-state index in [9.17, 15) is 0 Å². The molecule has 1 aliphatic heterocycles. The van der Waals surface area contributed by atoms with E-state index in [2.05, 4.69) is 206 Å². The van der Waals surface area contributed by atoms with Gasteiger partial charge >= 0.3 is 0 Å². The van der Waals surface area contributed by atoms with Crippen LogP contribution in [-0.4, -0.2) is 0 Å². The summed E-state index contributed by atoms with van der Waals surface area (Å²) in [7, 11) is 0. The molecule has 264 valence electrons. The fourth-order valence-corrected chi connectivity index (χ4v) is 9.16. The Morgan fingerprint density at radius 3 is 1.86 bits per heavy atom. The summed E-state index contributed by atoms with van der Waals surface area (Å²) in [5.41, 5.74) is 13.9. The number of nitrogens with zero attached hydrogens (tertiary/aromatic N) is 1. The second-order valence-corrected chi connectivity index (χ2v) is 15.0. The summed E-state index contributed by atoms with van der Waals surface area (Å²) in [6, 6.07) is 70.7. The molecule has 0 saturated heterocycles. The summed E-state index contributed by atoms with van der Waals surface area (Å²) in [6.07, 6.45) is 4.35. The van der Waals surface area contributed by atoms with Gasteiger partial charge in [0.15, 0.2) is 11.5 Å². The lowest BCUT2D eigenvalue weighted by molar-refractivity contribution is 0.477. The third kappa shape index (κ3) is 4.96. The van der Waals surface area contributed by atoms with Crippen LogP contribution in [0.5, 0.6) is 11.5 Å². The number of ether oxygens (including phenoxy) is 1. The second kappa shape index (κ2) is 12.7. The van der Waals surface area contributed by atoms with Crippen LogP contribution >= 0.6 is 0 Å². The maximum atomic E-state index is 6.48. The zero-order valence-corrected chi connectivity index (χ0v) is 31.0. The van der Waals surface area contributed by atoms with E-state index in [0.29, 0.717) is 0 Å². The number of fused-ring (bicyclic) bond motifs is 2. The van der Waals surface area contributed by atoms with E-state index in [-0.39, 0.29) is 0 Å². The highest BCUT2D eigenvalue weighted by atomic mass is 16.5. The van der Waals surface area contributed by atoms with Crippen LogP contribution in [0, 0.1) is 6.92 Å². The van der Waals surface area contributed by atoms with Crippen LogP contribution in [0.1, 0.15) is 38.9 Å². The first-order valence-electron chi connectivity index (χ1n) is 19.3. The molecule has 2 nitrogen and oxygen atoms in total. The molecular weight excluding hydrogens is 679 g/mol. The van der Waals surface area contributed by atoms with E-state index in [1.807, 2.05) is 12.1 Å². The van der Waals surface area contributed by atoms with E-state index in [0.717, 1.165) is 39.7 Å². The molecule has 1 heterocycles. The van der Waals surface area contributed by atoms with E-state index in [1.165, 1.54) is 60.5 Å². The Kier molecular flexibility index (Phi) is 7.33. The Labute approximate surface area is 327 Å². The molecule has 2 aliphatic rings. The van der Waals surface area contributed by atoms with E-state index in [4.69, 9.17) is 4.74 Å². The monoisotopic (exact) mass is 715 g/mol. The summed E-state index contributed by atoms with van der Waals surface area (Å²) in [5.74, 6) is 1.69. The molecule has 0 aromatic heterocycles. The highest BCUT2D eigenvalue weighted by molar-refractivity contribution is 6.17. The molecule has 11 rings (SSSR count). The minimum Gasteiger partial charge on any atom is -0.453 e. The Hall–Kier alpha value is -7.16. The average Bonchev–Trinajstić information content (AvgIpc) is 3.57. The van der Waals surface area contributed by atoms with Crippen molar-refractivity contribution in [3.05, 3.63) is 233 Å². The number of anilines is 3. The number of rotatable bonds is 6. The van der Waals surface area contributed by atoms with Crippen molar-refractivity contribution < 1.29 is 4.74 Å². The van der Waals surface area contributed by atoms with Gasteiger partial charge in [0.1, 0.15) is 0 Å². The van der Waals surface area contributed by atoms with Crippen LogP contribution in [0.2, 0.25) is 0 Å². The number of hydrogen-bond acceptors (Lipinski definition) is 2. The van der Waals surface area contributed by atoms with Gasteiger partial charge in [-0.2, -0.15) is 0 Å². The summed E-state index contributed by atoms with van der Waals surface area (Å²) >= 11 is 0. The summed E-state index contributed by atoms with van der Waals surface area (Å²) < 4.78 is 6.48. The zero-order chi connectivity index (χ0) is 37.2.